The lowest BCUT2D eigenvalue weighted by Gasteiger charge is -2.15. The van der Waals surface area contributed by atoms with Crippen LogP contribution in [0.15, 0.2) is 53.7 Å². The maximum Gasteiger partial charge on any atom is 0.490 e. The maximum absolute atomic E-state index is 12.6. The number of anilines is 3. The van der Waals surface area contributed by atoms with E-state index in [9.17, 15) is 22.8 Å². The number of rotatable bonds is 5. The molecule has 0 spiro atoms. The molecule has 1 saturated carbocycles. The summed E-state index contributed by atoms with van der Waals surface area (Å²) in [6.07, 6.45) is 1.64. The standard InChI is InChI=1S/C21H17ClN6O2.C2HF3O2/c22-13-2-1-3-14(18(13)12-9-24-25-10-12)26-16-8-17(28-20(29)11-4-5-11)27-15-6-7-23-21(30)19(15)16;3-2(4,5)1(6)7/h1-3,6-11H,4-5H2,(H,23,30)(H,24,25)(H2,26,27,28,29);(H,6,7). The van der Waals surface area contributed by atoms with Crippen molar-refractivity contribution in [3.63, 3.8) is 0 Å². The number of H-pyrrole nitrogens is 2. The van der Waals surface area contributed by atoms with E-state index in [1.807, 2.05) is 12.1 Å². The van der Waals surface area contributed by atoms with Crippen LogP contribution >= 0.6 is 11.6 Å². The smallest absolute Gasteiger partial charge is 0.475 e. The Hall–Kier alpha value is -4.39. The fourth-order valence-electron chi connectivity index (χ4n) is 3.38. The number of carboxylic acid groups (broad SMARTS) is 1. The molecule has 0 aliphatic heterocycles. The zero-order valence-corrected chi connectivity index (χ0v) is 19.4. The number of aromatic nitrogens is 4. The quantitative estimate of drug-likeness (QED) is 0.249. The Morgan fingerprint density at radius 3 is 2.51 bits per heavy atom. The molecule has 5 rings (SSSR count). The SMILES string of the molecule is O=C(Nc1cc(Nc2cccc(Cl)c2-c2cn[nH]c2)c2c(=O)[nH]ccc2n1)C1CC1.O=C(O)C(F)(F)F. The highest BCUT2D eigenvalue weighted by atomic mass is 35.5. The van der Waals surface area contributed by atoms with E-state index in [1.165, 1.54) is 6.20 Å². The Balaban J connectivity index is 0.000000405. The number of carbonyl (C=O) groups is 2. The lowest BCUT2D eigenvalue weighted by molar-refractivity contribution is -0.192. The molecule has 3 heterocycles. The second-order valence-corrected chi connectivity index (χ2v) is 8.37. The molecule has 1 fully saturated rings. The van der Waals surface area contributed by atoms with Crippen molar-refractivity contribution in [2.75, 3.05) is 10.6 Å². The molecular formula is C23H18ClF3N6O4. The van der Waals surface area contributed by atoms with Crippen LogP contribution in [-0.4, -0.2) is 43.3 Å². The number of nitrogens with zero attached hydrogens (tertiary/aromatic N) is 2. The number of pyridine rings is 2. The summed E-state index contributed by atoms with van der Waals surface area (Å²) >= 11 is 6.46. The van der Waals surface area contributed by atoms with Crippen molar-refractivity contribution in [2.45, 2.75) is 19.0 Å². The van der Waals surface area contributed by atoms with Gasteiger partial charge in [-0.1, -0.05) is 17.7 Å². The first-order valence-corrected chi connectivity index (χ1v) is 11.1. The zero-order chi connectivity index (χ0) is 26.7. The van der Waals surface area contributed by atoms with Crippen molar-refractivity contribution in [3.8, 4) is 11.1 Å². The first-order chi connectivity index (χ1) is 17.5. The topological polar surface area (TPSA) is 153 Å². The number of amides is 1. The highest BCUT2D eigenvalue weighted by Crippen LogP contribution is 2.37. The molecule has 1 aromatic carbocycles. The van der Waals surface area contributed by atoms with Crippen molar-refractivity contribution in [1.82, 2.24) is 20.2 Å². The van der Waals surface area contributed by atoms with Gasteiger partial charge < -0.3 is 20.7 Å². The van der Waals surface area contributed by atoms with Gasteiger partial charge in [-0.25, -0.2) is 9.78 Å². The van der Waals surface area contributed by atoms with Crippen LogP contribution in [0.1, 0.15) is 12.8 Å². The minimum atomic E-state index is -5.08. The molecule has 0 unspecified atom stereocenters. The maximum atomic E-state index is 12.6. The van der Waals surface area contributed by atoms with Gasteiger partial charge in [0.2, 0.25) is 5.91 Å². The minimum absolute atomic E-state index is 0.0405. The fourth-order valence-corrected chi connectivity index (χ4v) is 3.67. The molecule has 0 saturated heterocycles. The van der Waals surface area contributed by atoms with E-state index < -0.39 is 12.1 Å². The summed E-state index contributed by atoms with van der Waals surface area (Å²) in [6, 6.07) is 8.83. The monoisotopic (exact) mass is 534 g/mol. The number of nitrogens with one attached hydrogen (secondary N) is 4. The molecule has 1 aliphatic carbocycles. The van der Waals surface area contributed by atoms with E-state index in [-0.39, 0.29) is 17.4 Å². The third kappa shape index (κ3) is 6.06. The van der Waals surface area contributed by atoms with Gasteiger partial charge in [-0.05, 0) is 31.0 Å². The van der Waals surface area contributed by atoms with Crippen LogP contribution < -0.4 is 16.2 Å². The van der Waals surface area contributed by atoms with Crippen LogP contribution in [0.3, 0.4) is 0 Å². The molecule has 1 amide bonds. The van der Waals surface area contributed by atoms with Gasteiger partial charge in [0, 0.05) is 41.2 Å². The van der Waals surface area contributed by atoms with Crippen molar-refractivity contribution in [3.05, 3.63) is 64.3 Å². The third-order valence-electron chi connectivity index (χ3n) is 5.24. The summed E-state index contributed by atoms with van der Waals surface area (Å²) in [5.74, 6) is -2.38. The number of halogens is 4. The van der Waals surface area contributed by atoms with Crippen molar-refractivity contribution < 1.29 is 27.9 Å². The molecule has 4 aromatic rings. The van der Waals surface area contributed by atoms with Crippen LogP contribution in [0, 0.1) is 5.92 Å². The summed E-state index contributed by atoms with van der Waals surface area (Å²) in [6.45, 7) is 0. The second kappa shape index (κ2) is 10.3. The number of carbonyl (C=O) groups excluding carboxylic acids is 1. The molecule has 3 aromatic heterocycles. The van der Waals surface area contributed by atoms with E-state index in [1.54, 1.807) is 30.6 Å². The van der Waals surface area contributed by atoms with E-state index in [0.29, 0.717) is 33.1 Å². The van der Waals surface area contributed by atoms with E-state index in [2.05, 4.69) is 30.8 Å². The average molecular weight is 535 g/mol. The average Bonchev–Trinajstić information content (AvgIpc) is 3.54. The van der Waals surface area contributed by atoms with Crippen LogP contribution in [0.5, 0.6) is 0 Å². The zero-order valence-electron chi connectivity index (χ0n) is 18.7. The highest BCUT2D eigenvalue weighted by Gasteiger charge is 2.38. The van der Waals surface area contributed by atoms with Crippen LogP contribution in [0.25, 0.3) is 22.0 Å². The highest BCUT2D eigenvalue weighted by molar-refractivity contribution is 6.34. The largest absolute Gasteiger partial charge is 0.490 e. The van der Waals surface area contributed by atoms with Gasteiger partial charge in [0.1, 0.15) is 5.82 Å². The molecule has 1 aliphatic rings. The van der Waals surface area contributed by atoms with Crippen LogP contribution in [0.4, 0.5) is 30.4 Å². The number of carboxylic acids is 1. The van der Waals surface area contributed by atoms with E-state index in [0.717, 1.165) is 24.0 Å². The Labute approximate surface area is 210 Å². The van der Waals surface area contributed by atoms with Gasteiger partial charge in [0.25, 0.3) is 5.56 Å². The van der Waals surface area contributed by atoms with E-state index >= 15 is 0 Å². The van der Waals surface area contributed by atoms with E-state index in [4.69, 9.17) is 21.5 Å². The molecule has 192 valence electrons. The summed E-state index contributed by atoms with van der Waals surface area (Å²) in [5, 5.41) is 21.0. The van der Waals surface area contributed by atoms with Crippen LogP contribution in [-0.2, 0) is 9.59 Å². The van der Waals surface area contributed by atoms with Crippen molar-refractivity contribution in [2.24, 2.45) is 5.92 Å². The molecule has 10 nitrogen and oxygen atoms in total. The first kappa shape index (κ1) is 25.7. The predicted octanol–water partition coefficient (Wildman–Crippen LogP) is 4.69. The van der Waals surface area contributed by atoms with Gasteiger partial charge in [-0.2, -0.15) is 18.3 Å². The predicted molar refractivity (Wildman–Crippen MR) is 130 cm³/mol. The number of aliphatic carboxylic acids is 1. The minimum Gasteiger partial charge on any atom is -0.475 e. The van der Waals surface area contributed by atoms with Crippen LogP contribution in [0.2, 0.25) is 5.02 Å². The Bertz CT molecular complexity index is 1520. The molecule has 14 heteroatoms. The van der Waals surface area contributed by atoms with Gasteiger partial charge >= 0.3 is 12.1 Å². The fraction of sp³-hybridized carbons (Fsp3) is 0.174. The summed E-state index contributed by atoms with van der Waals surface area (Å²) in [7, 11) is 0. The lowest BCUT2D eigenvalue weighted by atomic mass is 10.1. The number of hydrogen-bond acceptors (Lipinski definition) is 6. The molecule has 0 atom stereocenters. The summed E-state index contributed by atoms with van der Waals surface area (Å²) < 4.78 is 31.7. The first-order valence-electron chi connectivity index (χ1n) is 10.7. The Morgan fingerprint density at radius 2 is 1.89 bits per heavy atom. The normalized spacial score (nSPS) is 13.0. The molecule has 0 bridgehead atoms. The molecular weight excluding hydrogens is 517 g/mol. The molecule has 0 radical (unpaired) electrons. The number of hydrogen-bond donors (Lipinski definition) is 5. The van der Waals surface area contributed by atoms with Crippen molar-refractivity contribution in [1.29, 1.82) is 0 Å². The number of benzene rings is 1. The van der Waals surface area contributed by atoms with Gasteiger partial charge in [-0.3, -0.25) is 14.7 Å². The number of aromatic amines is 2. The Morgan fingerprint density at radius 1 is 1.16 bits per heavy atom. The van der Waals surface area contributed by atoms with Crippen molar-refractivity contribution >= 4 is 51.6 Å². The lowest BCUT2D eigenvalue weighted by Crippen LogP contribution is -2.21. The summed E-state index contributed by atoms with van der Waals surface area (Å²) in [5.41, 5.74) is 2.95. The van der Waals surface area contributed by atoms with Gasteiger partial charge in [0.15, 0.2) is 0 Å². The van der Waals surface area contributed by atoms with Gasteiger partial charge in [-0.15, -0.1) is 0 Å². The third-order valence-corrected chi connectivity index (χ3v) is 5.56. The second-order valence-electron chi connectivity index (χ2n) is 7.96. The number of alkyl halides is 3. The number of fused-ring (bicyclic) bond motifs is 1. The van der Waals surface area contributed by atoms with Gasteiger partial charge in [0.05, 0.1) is 27.8 Å². The summed E-state index contributed by atoms with van der Waals surface area (Å²) in [4.78, 5) is 40.8. The molecule has 5 N–H and O–H groups in total. The Kier molecular flexibility index (Phi) is 7.16. The molecule has 37 heavy (non-hydrogen) atoms.